The highest BCUT2D eigenvalue weighted by molar-refractivity contribution is 6.13. The molecule has 3 atom stereocenters. The fourth-order valence-corrected chi connectivity index (χ4v) is 3.87. The summed E-state index contributed by atoms with van der Waals surface area (Å²) in [6, 6.07) is 21.1. The van der Waals surface area contributed by atoms with Crippen molar-refractivity contribution >= 4 is 11.7 Å². The van der Waals surface area contributed by atoms with E-state index in [2.05, 4.69) is 66.4 Å². The number of hydrogen-bond acceptors (Lipinski definition) is 3. The van der Waals surface area contributed by atoms with Crippen LogP contribution in [0.25, 0.3) is 0 Å². The van der Waals surface area contributed by atoms with Crippen LogP contribution >= 0.6 is 0 Å². The van der Waals surface area contributed by atoms with Gasteiger partial charge in [0.25, 0.3) is 0 Å². The van der Waals surface area contributed by atoms with E-state index in [1.807, 2.05) is 24.3 Å². The molecule has 3 nitrogen and oxygen atoms in total. The molecule has 2 aromatic rings. The third-order valence-corrected chi connectivity index (χ3v) is 5.13. The minimum atomic E-state index is 0.133. The zero-order valence-electron chi connectivity index (χ0n) is 14.1. The maximum atomic E-state index is 4.98. The van der Waals surface area contributed by atoms with Gasteiger partial charge in [0, 0.05) is 17.0 Å². The zero-order valence-corrected chi connectivity index (χ0v) is 14.1. The van der Waals surface area contributed by atoms with E-state index in [9.17, 15) is 0 Å². The Morgan fingerprint density at radius 2 is 1.56 bits per heavy atom. The van der Waals surface area contributed by atoms with E-state index in [1.54, 1.807) is 0 Å². The molecule has 5 rings (SSSR count). The summed E-state index contributed by atoms with van der Waals surface area (Å²) in [7, 11) is 0. The predicted octanol–water partition coefficient (Wildman–Crippen LogP) is 4.04. The van der Waals surface area contributed by atoms with Crippen LogP contribution < -0.4 is 0 Å². The van der Waals surface area contributed by atoms with E-state index >= 15 is 0 Å². The molecule has 2 unspecified atom stereocenters. The molecule has 0 radical (unpaired) electrons. The molecule has 0 amide bonds. The summed E-state index contributed by atoms with van der Waals surface area (Å²) in [5, 5.41) is 0. The van der Waals surface area contributed by atoms with E-state index < -0.39 is 0 Å². The van der Waals surface area contributed by atoms with Crippen LogP contribution in [-0.2, 0) is 0 Å². The zero-order chi connectivity index (χ0) is 16.8. The summed E-state index contributed by atoms with van der Waals surface area (Å²) < 4.78 is 0. The Morgan fingerprint density at radius 3 is 2.28 bits per heavy atom. The highest BCUT2D eigenvalue weighted by atomic mass is 15.4. The Morgan fingerprint density at radius 1 is 0.880 bits per heavy atom. The number of fused-ring (bicyclic) bond motifs is 4. The monoisotopic (exact) mass is 325 g/mol. The fourth-order valence-electron chi connectivity index (χ4n) is 3.87. The van der Waals surface area contributed by atoms with Gasteiger partial charge in [-0.25, -0.2) is 9.98 Å². The quantitative estimate of drug-likeness (QED) is 0.819. The average molecular weight is 325 g/mol. The Labute approximate surface area is 147 Å². The molecule has 0 aromatic heterocycles. The number of rotatable bonds is 2. The van der Waals surface area contributed by atoms with Crippen LogP contribution in [0, 0.1) is 5.92 Å². The lowest BCUT2D eigenvalue weighted by Gasteiger charge is -2.55. The third kappa shape index (κ3) is 2.27. The van der Waals surface area contributed by atoms with Crippen molar-refractivity contribution in [2.75, 3.05) is 0 Å². The van der Waals surface area contributed by atoms with Gasteiger partial charge < -0.3 is 4.90 Å². The predicted molar refractivity (Wildman–Crippen MR) is 102 cm³/mol. The van der Waals surface area contributed by atoms with Gasteiger partial charge in [-0.15, -0.1) is 0 Å². The minimum Gasteiger partial charge on any atom is -0.326 e. The molecule has 0 N–H and O–H groups in total. The lowest BCUT2D eigenvalue weighted by atomic mass is 9.79. The van der Waals surface area contributed by atoms with Gasteiger partial charge in [-0.1, -0.05) is 84.5 Å². The Bertz CT molecular complexity index is 922. The van der Waals surface area contributed by atoms with Crippen molar-refractivity contribution in [2.45, 2.75) is 19.1 Å². The second kappa shape index (κ2) is 5.55. The molecule has 25 heavy (non-hydrogen) atoms. The molecule has 1 aliphatic carbocycles. The Balaban J connectivity index is 1.62. The van der Waals surface area contributed by atoms with Crippen LogP contribution in [-0.4, -0.2) is 28.8 Å². The Kier molecular flexibility index (Phi) is 3.20. The first-order chi connectivity index (χ1) is 12.3. The van der Waals surface area contributed by atoms with Gasteiger partial charge in [-0.05, 0) is 6.92 Å². The van der Waals surface area contributed by atoms with Crippen LogP contribution in [0.3, 0.4) is 0 Å². The second-order valence-corrected chi connectivity index (χ2v) is 6.78. The molecule has 122 valence electrons. The van der Waals surface area contributed by atoms with Crippen molar-refractivity contribution in [3.05, 3.63) is 95.6 Å². The smallest absolute Gasteiger partial charge is 0.159 e. The fraction of sp³-hybridized carbons (Fsp3) is 0.182. The van der Waals surface area contributed by atoms with Crippen LogP contribution in [0.4, 0.5) is 0 Å². The van der Waals surface area contributed by atoms with Gasteiger partial charge in [0.15, 0.2) is 5.84 Å². The minimum absolute atomic E-state index is 0.133. The van der Waals surface area contributed by atoms with E-state index in [1.165, 1.54) is 5.57 Å². The molecule has 1 saturated heterocycles. The second-order valence-electron chi connectivity index (χ2n) is 6.78. The Hall–Kier alpha value is -2.94. The SMILES string of the molecule is CC1=C[C@H]2C(C=C1)C1N=C(c3ccccc3)N=C(c3ccccc3)N12. The largest absolute Gasteiger partial charge is 0.326 e. The van der Waals surface area contributed by atoms with Gasteiger partial charge >= 0.3 is 0 Å². The van der Waals surface area contributed by atoms with Gasteiger partial charge in [0.2, 0.25) is 0 Å². The molecule has 3 aliphatic rings. The lowest BCUT2D eigenvalue weighted by molar-refractivity contribution is 0.0715. The third-order valence-electron chi connectivity index (χ3n) is 5.13. The van der Waals surface area contributed by atoms with Crippen LogP contribution in [0.1, 0.15) is 18.1 Å². The first-order valence-electron chi connectivity index (χ1n) is 8.73. The van der Waals surface area contributed by atoms with Gasteiger partial charge in [-0.3, -0.25) is 0 Å². The van der Waals surface area contributed by atoms with Gasteiger partial charge in [0.05, 0.1) is 6.04 Å². The number of aliphatic imine (C=N–C) groups is 2. The summed E-state index contributed by atoms with van der Waals surface area (Å²) in [4.78, 5) is 12.3. The van der Waals surface area contributed by atoms with Crippen molar-refractivity contribution in [1.29, 1.82) is 0 Å². The highest BCUT2D eigenvalue weighted by Gasteiger charge is 2.50. The maximum absolute atomic E-state index is 4.98. The lowest BCUT2D eigenvalue weighted by Crippen LogP contribution is -2.66. The maximum Gasteiger partial charge on any atom is 0.159 e. The number of hydrogen-bond donors (Lipinski definition) is 0. The number of benzene rings is 2. The van der Waals surface area contributed by atoms with Crippen molar-refractivity contribution < 1.29 is 0 Å². The van der Waals surface area contributed by atoms with E-state index in [4.69, 9.17) is 9.98 Å². The van der Waals surface area contributed by atoms with E-state index in [0.29, 0.717) is 12.0 Å². The highest BCUT2D eigenvalue weighted by Crippen LogP contribution is 2.42. The van der Waals surface area contributed by atoms with E-state index in [-0.39, 0.29) is 6.17 Å². The first kappa shape index (κ1) is 14.4. The standard InChI is InChI=1S/C22H19N3/c1-15-12-13-18-19(14-15)25-21(17-10-6-3-7-11-17)23-20(24-22(18)25)16-8-4-2-5-9-16/h2-14,18-19,22H,1H3/t18?,19-,22?/m0/s1. The van der Waals surface area contributed by atoms with Crippen molar-refractivity contribution in [3.8, 4) is 0 Å². The van der Waals surface area contributed by atoms with Crippen molar-refractivity contribution in [2.24, 2.45) is 15.9 Å². The van der Waals surface area contributed by atoms with Crippen molar-refractivity contribution in [3.63, 3.8) is 0 Å². The van der Waals surface area contributed by atoms with Gasteiger partial charge in [-0.2, -0.15) is 0 Å². The summed E-state index contributed by atoms with van der Waals surface area (Å²) in [6.07, 6.45) is 6.99. The molecule has 0 saturated carbocycles. The molecule has 2 aliphatic heterocycles. The summed E-state index contributed by atoms with van der Waals surface area (Å²) in [6.45, 7) is 2.15. The normalized spacial score (nSPS) is 26.7. The van der Waals surface area contributed by atoms with Gasteiger partial charge in [0.1, 0.15) is 12.0 Å². The molecular formula is C22H19N3. The van der Waals surface area contributed by atoms with E-state index in [0.717, 1.165) is 22.8 Å². The molecule has 1 fully saturated rings. The topological polar surface area (TPSA) is 28.0 Å². The van der Waals surface area contributed by atoms with Crippen LogP contribution in [0.2, 0.25) is 0 Å². The first-order valence-corrected chi connectivity index (χ1v) is 8.73. The van der Waals surface area contributed by atoms with Crippen LogP contribution in [0.5, 0.6) is 0 Å². The summed E-state index contributed by atoms with van der Waals surface area (Å²) in [5.74, 6) is 2.29. The summed E-state index contributed by atoms with van der Waals surface area (Å²) >= 11 is 0. The number of nitrogens with zero attached hydrogens (tertiary/aromatic N) is 3. The molecule has 2 heterocycles. The molecule has 0 spiro atoms. The molecular weight excluding hydrogens is 306 g/mol. The molecule has 0 bridgehead atoms. The van der Waals surface area contributed by atoms with Crippen LogP contribution in [0.15, 0.2) is 94.4 Å². The van der Waals surface area contributed by atoms with Crippen molar-refractivity contribution in [1.82, 2.24) is 4.90 Å². The number of allylic oxidation sites excluding steroid dienone is 2. The molecule has 2 aromatic carbocycles. The summed E-state index contributed by atoms with van der Waals surface area (Å²) in [5.41, 5.74) is 3.53. The number of amidine groups is 2. The molecule has 3 heteroatoms. The average Bonchev–Trinajstić information content (AvgIpc) is 2.67.